The van der Waals surface area contributed by atoms with Gasteiger partial charge in [-0.3, -0.25) is 5.10 Å². The third-order valence-corrected chi connectivity index (χ3v) is 3.11. The van der Waals surface area contributed by atoms with Crippen molar-refractivity contribution >= 4 is 16.9 Å². The van der Waals surface area contributed by atoms with E-state index in [9.17, 15) is 0 Å². The third-order valence-electron chi connectivity index (χ3n) is 3.11. The number of hydrogen-bond donors (Lipinski definition) is 2. The monoisotopic (exact) mass is 249 g/mol. The highest BCUT2D eigenvalue weighted by Crippen LogP contribution is 2.31. The van der Waals surface area contributed by atoms with E-state index in [2.05, 4.69) is 44.8 Å². The van der Waals surface area contributed by atoms with E-state index >= 15 is 0 Å². The second kappa shape index (κ2) is 4.30. The molecule has 0 radical (unpaired) electrons. The van der Waals surface area contributed by atoms with Crippen LogP contribution in [0.3, 0.4) is 0 Å². The van der Waals surface area contributed by atoms with Gasteiger partial charge >= 0.3 is 0 Å². The van der Waals surface area contributed by atoms with Gasteiger partial charge in [0.25, 0.3) is 0 Å². The Morgan fingerprint density at radius 2 is 2.00 bits per heavy atom. The highest BCUT2D eigenvalue weighted by atomic mass is 15.3. The second-order valence-electron chi connectivity index (χ2n) is 6.34. The van der Waals surface area contributed by atoms with Crippen molar-refractivity contribution in [1.82, 2.24) is 20.0 Å². The van der Waals surface area contributed by atoms with E-state index in [0.717, 1.165) is 29.7 Å². The summed E-state index contributed by atoms with van der Waals surface area (Å²) in [5.74, 6) is 1.27. The number of anilines is 1. The zero-order valence-corrected chi connectivity index (χ0v) is 11.9. The van der Waals surface area contributed by atoms with Crippen molar-refractivity contribution < 1.29 is 0 Å². The standard InChI is InChI=1S/C13H23N5/c1-8(2)6-7-18-12-9(11(14)15-16-12)10(17-18)13(3,4)5/h8H,6-7H2,1-5H3,(H3,14,15,16). The Balaban J connectivity index is 2.49. The van der Waals surface area contributed by atoms with Crippen LogP contribution in [0.15, 0.2) is 0 Å². The van der Waals surface area contributed by atoms with E-state index in [0.29, 0.717) is 11.7 Å². The molecule has 2 heterocycles. The summed E-state index contributed by atoms with van der Waals surface area (Å²) in [7, 11) is 0. The first-order valence-corrected chi connectivity index (χ1v) is 6.51. The van der Waals surface area contributed by atoms with Gasteiger partial charge in [0, 0.05) is 12.0 Å². The molecule has 5 heteroatoms. The number of hydrogen-bond acceptors (Lipinski definition) is 3. The molecule has 0 aromatic carbocycles. The van der Waals surface area contributed by atoms with Gasteiger partial charge in [0.2, 0.25) is 0 Å². The minimum absolute atomic E-state index is 0.0284. The number of aryl methyl sites for hydroxylation is 1. The number of fused-ring (bicyclic) bond motifs is 1. The van der Waals surface area contributed by atoms with Crippen LogP contribution in [-0.2, 0) is 12.0 Å². The minimum Gasteiger partial charge on any atom is -0.383 e. The molecule has 0 bridgehead atoms. The summed E-state index contributed by atoms with van der Waals surface area (Å²) >= 11 is 0. The fourth-order valence-electron chi connectivity index (χ4n) is 2.05. The molecule has 3 N–H and O–H groups in total. The molecule has 0 amide bonds. The van der Waals surface area contributed by atoms with Gasteiger partial charge in [-0.25, -0.2) is 4.68 Å². The maximum absolute atomic E-state index is 5.97. The van der Waals surface area contributed by atoms with E-state index in [1.165, 1.54) is 0 Å². The SMILES string of the molecule is CC(C)CCn1nc(C(C)(C)C)c2c(N)[nH]nc21. The minimum atomic E-state index is -0.0284. The maximum Gasteiger partial charge on any atom is 0.182 e. The lowest BCUT2D eigenvalue weighted by Crippen LogP contribution is -2.14. The normalized spacial score (nSPS) is 12.8. The number of nitrogens with zero attached hydrogens (tertiary/aromatic N) is 3. The molecular formula is C13H23N5. The fraction of sp³-hybridized carbons (Fsp3) is 0.692. The fourth-order valence-corrected chi connectivity index (χ4v) is 2.05. The smallest absolute Gasteiger partial charge is 0.182 e. The Labute approximate surface area is 108 Å². The van der Waals surface area contributed by atoms with Gasteiger partial charge in [0.1, 0.15) is 5.82 Å². The number of rotatable bonds is 3. The van der Waals surface area contributed by atoms with Crippen LogP contribution in [0.4, 0.5) is 5.82 Å². The first kappa shape index (κ1) is 12.9. The lowest BCUT2D eigenvalue weighted by atomic mass is 9.91. The van der Waals surface area contributed by atoms with Crippen molar-refractivity contribution in [2.75, 3.05) is 5.73 Å². The van der Waals surface area contributed by atoms with E-state index in [1.54, 1.807) is 0 Å². The summed E-state index contributed by atoms with van der Waals surface area (Å²) in [6.07, 6.45) is 1.09. The lowest BCUT2D eigenvalue weighted by molar-refractivity contribution is 0.477. The quantitative estimate of drug-likeness (QED) is 0.878. The first-order chi connectivity index (χ1) is 8.30. The molecule has 2 aromatic heterocycles. The van der Waals surface area contributed by atoms with Crippen molar-refractivity contribution in [2.24, 2.45) is 5.92 Å². The number of aromatic nitrogens is 4. The van der Waals surface area contributed by atoms with Crippen LogP contribution < -0.4 is 5.73 Å². The molecule has 0 saturated heterocycles. The number of aromatic amines is 1. The highest BCUT2D eigenvalue weighted by molar-refractivity contribution is 5.89. The number of nitrogens with two attached hydrogens (primary N) is 1. The van der Waals surface area contributed by atoms with Crippen LogP contribution >= 0.6 is 0 Å². The number of nitrogens with one attached hydrogen (secondary N) is 1. The van der Waals surface area contributed by atoms with Gasteiger partial charge in [-0.1, -0.05) is 34.6 Å². The van der Waals surface area contributed by atoms with Crippen LogP contribution in [0.25, 0.3) is 11.0 Å². The average molecular weight is 249 g/mol. The average Bonchev–Trinajstić information content (AvgIpc) is 2.76. The van der Waals surface area contributed by atoms with Crippen LogP contribution in [-0.4, -0.2) is 20.0 Å². The van der Waals surface area contributed by atoms with Gasteiger partial charge in [-0.15, -0.1) is 0 Å². The Morgan fingerprint density at radius 3 is 2.56 bits per heavy atom. The molecule has 18 heavy (non-hydrogen) atoms. The molecule has 0 fully saturated rings. The molecule has 2 aromatic rings. The molecule has 0 saturated carbocycles. The summed E-state index contributed by atoms with van der Waals surface area (Å²) in [5.41, 5.74) is 7.84. The number of nitrogen functional groups attached to an aromatic ring is 1. The van der Waals surface area contributed by atoms with Crippen LogP contribution in [0.1, 0.15) is 46.7 Å². The van der Waals surface area contributed by atoms with Crippen LogP contribution in [0, 0.1) is 5.92 Å². The van der Waals surface area contributed by atoms with Crippen molar-refractivity contribution in [1.29, 1.82) is 0 Å². The lowest BCUT2D eigenvalue weighted by Gasteiger charge is -2.15. The van der Waals surface area contributed by atoms with Gasteiger partial charge in [-0.2, -0.15) is 10.2 Å². The van der Waals surface area contributed by atoms with E-state index in [-0.39, 0.29) is 5.41 Å². The summed E-state index contributed by atoms with van der Waals surface area (Å²) in [6.45, 7) is 11.7. The highest BCUT2D eigenvalue weighted by Gasteiger charge is 2.25. The Kier molecular flexibility index (Phi) is 3.09. The Hall–Kier alpha value is -1.52. The molecule has 0 unspecified atom stereocenters. The summed E-state index contributed by atoms with van der Waals surface area (Å²) in [6, 6.07) is 0. The molecule has 2 rings (SSSR count). The van der Waals surface area contributed by atoms with Gasteiger partial charge in [-0.05, 0) is 12.3 Å². The maximum atomic E-state index is 5.97. The molecule has 0 atom stereocenters. The van der Waals surface area contributed by atoms with Crippen LogP contribution in [0.5, 0.6) is 0 Å². The predicted molar refractivity (Wildman–Crippen MR) is 74.4 cm³/mol. The first-order valence-electron chi connectivity index (χ1n) is 6.51. The van der Waals surface area contributed by atoms with Gasteiger partial charge < -0.3 is 5.73 Å². The second-order valence-corrected chi connectivity index (χ2v) is 6.34. The van der Waals surface area contributed by atoms with Crippen molar-refractivity contribution in [3.63, 3.8) is 0 Å². The van der Waals surface area contributed by atoms with E-state index < -0.39 is 0 Å². The molecule has 5 nitrogen and oxygen atoms in total. The van der Waals surface area contributed by atoms with Gasteiger partial charge in [0.15, 0.2) is 5.65 Å². The molecule has 0 spiro atoms. The summed E-state index contributed by atoms with van der Waals surface area (Å²) in [4.78, 5) is 0. The molecule has 0 aliphatic rings. The molecule has 100 valence electrons. The molecule has 0 aliphatic carbocycles. The largest absolute Gasteiger partial charge is 0.383 e. The third kappa shape index (κ3) is 2.21. The zero-order valence-electron chi connectivity index (χ0n) is 11.9. The topological polar surface area (TPSA) is 72.5 Å². The zero-order chi connectivity index (χ0) is 13.5. The van der Waals surface area contributed by atoms with E-state index in [4.69, 9.17) is 10.8 Å². The van der Waals surface area contributed by atoms with Crippen molar-refractivity contribution in [2.45, 2.75) is 53.0 Å². The predicted octanol–water partition coefficient (Wildman–Crippen LogP) is 2.69. The van der Waals surface area contributed by atoms with Crippen molar-refractivity contribution in [3.05, 3.63) is 5.69 Å². The van der Waals surface area contributed by atoms with E-state index in [1.807, 2.05) is 4.68 Å². The van der Waals surface area contributed by atoms with Crippen molar-refractivity contribution in [3.8, 4) is 0 Å². The van der Waals surface area contributed by atoms with Crippen LogP contribution in [0.2, 0.25) is 0 Å². The summed E-state index contributed by atoms with van der Waals surface area (Å²) in [5, 5.41) is 12.8. The molecular weight excluding hydrogens is 226 g/mol. The Morgan fingerprint density at radius 1 is 1.33 bits per heavy atom. The summed E-state index contributed by atoms with van der Waals surface area (Å²) < 4.78 is 1.97. The van der Waals surface area contributed by atoms with Gasteiger partial charge in [0.05, 0.1) is 11.1 Å². The molecule has 0 aliphatic heterocycles. The number of H-pyrrole nitrogens is 1. The Bertz CT molecular complexity index is 541.